The minimum atomic E-state index is -0.811. The van der Waals surface area contributed by atoms with E-state index in [0.29, 0.717) is 36.7 Å². The summed E-state index contributed by atoms with van der Waals surface area (Å²) in [6, 6.07) is 11.0. The average molecular weight is 434 g/mol. The number of pyridine rings is 1. The quantitative estimate of drug-likeness (QED) is 0.510. The summed E-state index contributed by atoms with van der Waals surface area (Å²) in [6.07, 6.45) is 3.34. The van der Waals surface area contributed by atoms with Gasteiger partial charge in [0.15, 0.2) is 0 Å². The normalized spacial score (nSPS) is 17.3. The molecule has 2 fully saturated rings. The van der Waals surface area contributed by atoms with Crippen LogP contribution >= 0.6 is 0 Å². The number of carbonyl (C=O) groups is 1. The Morgan fingerprint density at radius 1 is 1.12 bits per heavy atom. The van der Waals surface area contributed by atoms with Gasteiger partial charge in [0.05, 0.1) is 12.8 Å². The van der Waals surface area contributed by atoms with E-state index in [1.54, 1.807) is 7.11 Å². The predicted molar refractivity (Wildman–Crippen MR) is 126 cm³/mol. The molecule has 0 bridgehead atoms. The molecular weight excluding hydrogens is 402 g/mol. The van der Waals surface area contributed by atoms with Crippen LogP contribution in [0.1, 0.15) is 74.1 Å². The van der Waals surface area contributed by atoms with Gasteiger partial charge < -0.3 is 19.7 Å². The molecule has 6 heteroatoms. The number of fused-ring (bicyclic) bond motifs is 1. The van der Waals surface area contributed by atoms with Gasteiger partial charge in [0, 0.05) is 47.2 Å². The Balaban J connectivity index is 1.55. The molecule has 5 rings (SSSR count). The van der Waals surface area contributed by atoms with E-state index in [1.807, 2.05) is 6.07 Å². The zero-order valence-corrected chi connectivity index (χ0v) is 19.0. The smallest absolute Gasteiger partial charge is 0.407 e. The van der Waals surface area contributed by atoms with Crippen LogP contribution in [0.4, 0.5) is 4.79 Å². The Labute approximate surface area is 188 Å². The third-order valence-electron chi connectivity index (χ3n) is 6.99. The molecule has 3 heterocycles. The summed E-state index contributed by atoms with van der Waals surface area (Å²) in [4.78, 5) is 21.1. The molecule has 1 saturated heterocycles. The summed E-state index contributed by atoms with van der Waals surface area (Å²) < 4.78 is 5.52. The van der Waals surface area contributed by atoms with Crippen molar-refractivity contribution < 1.29 is 14.6 Å². The van der Waals surface area contributed by atoms with Gasteiger partial charge in [0.2, 0.25) is 5.88 Å². The topological polar surface area (TPSA) is 78.5 Å². The Morgan fingerprint density at radius 3 is 2.50 bits per heavy atom. The van der Waals surface area contributed by atoms with Crippen LogP contribution in [0.25, 0.3) is 22.2 Å². The van der Waals surface area contributed by atoms with E-state index in [4.69, 9.17) is 4.74 Å². The Bertz CT molecular complexity index is 1150. The van der Waals surface area contributed by atoms with E-state index in [2.05, 4.69) is 48.1 Å². The number of aromatic amines is 1. The first-order chi connectivity index (χ1) is 15.4. The van der Waals surface area contributed by atoms with Crippen molar-refractivity contribution in [3.63, 3.8) is 0 Å². The van der Waals surface area contributed by atoms with E-state index >= 15 is 0 Å². The summed E-state index contributed by atoms with van der Waals surface area (Å²) in [5.74, 6) is 1.98. The molecule has 1 amide bonds. The van der Waals surface area contributed by atoms with Crippen molar-refractivity contribution in [2.75, 3.05) is 20.2 Å². The van der Waals surface area contributed by atoms with Crippen LogP contribution in [0.5, 0.6) is 5.88 Å². The highest BCUT2D eigenvalue weighted by molar-refractivity contribution is 5.92. The van der Waals surface area contributed by atoms with Gasteiger partial charge in [-0.1, -0.05) is 19.9 Å². The molecular formula is C26H31N3O3. The average Bonchev–Trinajstić information content (AvgIpc) is 3.58. The SMILES string of the molecule is COc1cc(-c2[nH]c3ccc(C4CCN(C(=O)O)CC4)cc3c2C(C)C)cc(C2CC2)n1. The zero-order valence-electron chi connectivity index (χ0n) is 19.0. The van der Waals surface area contributed by atoms with Crippen LogP contribution in [-0.4, -0.2) is 46.3 Å². The predicted octanol–water partition coefficient (Wildman–Crippen LogP) is 6.10. The number of methoxy groups -OCH3 is 1. The molecule has 3 aromatic rings. The maximum absolute atomic E-state index is 11.3. The first kappa shape index (κ1) is 20.9. The third kappa shape index (κ3) is 3.83. The summed E-state index contributed by atoms with van der Waals surface area (Å²) in [6.45, 7) is 5.69. The van der Waals surface area contributed by atoms with Gasteiger partial charge in [-0.15, -0.1) is 0 Å². The number of hydrogen-bond donors (Lipinski definition) is 2. The number of nitrogens with one attached hydrogen (secondary N) is 1. The van der Waals surface area contributed by atoms with Crippen molar-refractivity contribution in [2.45, 2.75) is 57.3 Å². The van der Waals surface area contributed by atoms with Gasteiger partial charge in [0.1, 0.15) is 0 Å². The van der Waals surface area contributed by atoms with Gasteiger partial charge in [-0.25, -0.2) is 9.78 Å². The molecule has 2 aromatic heterocycles. The molecule has 1 aromatic carbocycles. The lowest BCUT2D eigenvalue weighted by atomic mass is 9.87. The number of nitrogens with zero attached hydrogens (tertiary/aromatic N) is 2. The van der Waals surface area contributed by atoms with Crippen LogP contribution in [-0.2, 0) is 0 Å². The molecule has 0 spiro atoms. The van der Waals surface area contributed by atoms with Crippen LogP contribution in [0.3, 0.4) is 0 Å². The molecule has 2 aliphatic rings. The Morgan fingerprint density at radius 2 is 1.88 bits per heavy atom. The number of hydrogen-bond acceptors (Lipinski definition) is 3. The highest BCUT2D eigenvalue weighted by atomic mass is 16.5. The fourth-order valence-corrected chi connectivity index (χ4v) is 5.08. The number of H-pyrrole nitrogens is 1. The summed E-state index contributed by atoms with van der Waals surface area (Å²) in [5.41, 5.74) is 7.17. The maximum atomic E-state index is 11.3. The fraction of sp³-hybridized carbons (Fsp3) is 0.462. The number of amides is 1. The largest absolute Gasteiger partial charge is 0.481 e. The van der Waals surface area contributed by atoms with Crippen molar-refractivity contribution >= 4 is 17.0 Å². The van der Waals surface area contributed by atoms with Crippen LogP contribution in [0.2, 0.25) is 0 Å². The highest BCUT2D eigenvalue weighted by Crippen LogP contribution is 2.43. The fourth-order valence-electron chi connectivity index (χ4n) is 5.08. The lowest BCUT2D eigenvalue weighted by molar-refractivity contribution is 0.132. The number of aromatic nitrogens is 2. The number of likely N-dealkylation sites (tertiary alicyclic amines) is 1. The first-order valence-electron chi connectivity index (χ1n) is 11.6. The summed E-state index contributed by atoms with van der Waals surface area (Å²) in [5, 5.41) is 10.5. The highest BCUT2D eigenvalue weighted by Gasteiger charge is 2.28. The molecule has 0 unspecified atom stereocenters. The first-order valence-corrected chi connectivity index (χ1v) is 11.6. The van der Waals surface area contributed by atoms with Gasteiger partial charge >= 0.3 is 6.09 Å². The molecule has 0 radical (unpaired) electrons. The van der Waals surface area contributed by atoms with Gasteiger partial charge in [-0.05, 0) is 66.8 Å². The maximum Gasteiger partial charge on any atom is 0.407 e. The molecule has 168 valence electrons. The zero-order chi connectivity index (χ0) is 22.4. The minimum Gasteiger partial charge on any atom is -0.481 e. The third-order valence-corrected chi connectivity index (χ3v) is 6.99. The van der Waals surface area contributed by atoms with Crippen LogP contribution in [0, 0.1) is 0 Å². The van der Waals surface area contributed by atoms with Crippen molar-refractivity contribution in [1.82, 2.24) is 14.9 Å². The Kier molecular flexibility index (Phi) is 5.31. The van der Waals surface area contributed by atoms with Crippen LogP contribution in [0.15, 0.2) is 30.3 Å². The monoisotopic (exact) mass is 433 g/mol. The lowest BCUT2D eigenvalue weighted by Gasteiger charge is -2.30. The standard InChI is InChI=1S/C26H31N3O3/c1-15(2)24-20-12-18(16-8-10-29(11-9-16)26(30)31)6-7-21(20)28-25(24)19-13-22(17-4-5-17)27-23(14-19)32-3/h6-7,12-17,28H,4-5,8-11H2,1-3H3,(H,30,31). The van der Waals surface area contributed by atoms with Crippen LogP contribution < -0.4 is 4.74 Å². The molecule has 1 aliphatic carbocycles. The molecule has 32 heavy (non-hydrogen) atoms. The molecule has 0 atom stereocenters. The Hall–Kier alpha value is -3.02. The van der Waals surface area contributed by atoms with E-state index < -0.39 is 6.09 Å². The molecule has 1 aliphatic heterocycles. The van der Waals surface area contributed by atoms with Crippen molar-refractivity contribution in [2.24, 2.45) is 0 Å². The second kappa shape index (κ2) is 8.15. The van der Waals surface area contributed by atoms with Crippen molar-refractivity contribution in [1.29, 1.82) is 0 Å². The van der Waals surface area contributed by atoms with Gasteiger partial charge in [-0.3, -0.25) is 0 Å². The molecule has 2 N–H and O–H groups in total. The van der Waals surface area contributed by atoms with Crippen molar-refractivity contribution in [3.8, 4) is 17.1 Å². The number of ether oxygens (including phenoxy) is 1. The second-order valence-electron chi connectivity index (χ2n) is 9.51. The van der Waals surface area contributed by atoms with E-state index in [-0.39, 0.29) is 0 Å². The number of benzene rings is 1. The summed E-state index contributed by atoms with van der Waals surface area (Å²) >= 11 is 0. The van der Waals surface area contributed by atoms with E-state index in [1.165, 1.54) is 34.3 Å². The number of piperidine rings is 1. The molecule has 1 saturated carbocycles. The van der Waals surface area contributed by atoms with Gasteiger partial charge in [0.25, 0.3) is 0 Å². The molecule has 6 nitrogen and oxygen atoms in total. The van der Waals surface area contributed by atoms with E-state index in [9.17, 15) is 9.90 Å². The van der Waals surface area contributed by atoms with Crippen molar-refractivity contribution in [3.05, 3.63) is 47.2 Å². The number of rotatable bonds is 5. The van der Waals surface area contributed by atoms with E-state index in [0.717, 1.165) is 35.3 Å². The number of carboxylic acid groups (broad SMARTS) is 1. The lowest BCUT2D eigenvalue weighted by Crippen LogP contribution is -2.36. The minimum absolute atomic E-state index is 0.353. The second-order valence-corrected chi connectivity index (χ2v) is 9.51. The summed E-state index contributed by atoms with van der Waals surface area (Å²) in [7, 11) is 1.68. The van der Waals surface area contributed by atoms with Gasteiger partial charge in [-0.2, -0.15) is 0 Å².